The second-order valence-electron chi connectivity index (χ2n) is 7.74. The molecule has 0 radical (unpaired) electrons. The van der Waals surface area contributed by atoms with Crippen LogP contribution in [0, 0.1) is 0 Å². The van der Waals surface area contributed by atoms with Gasteiger partial charge in [0.2, 0.25) is 5.91 Å². The summed E-state index contributed by atoms with van der Waals surface area (Å²) >= 11 is 6.21. The number of carboxylic acid groups (broad SMARTS) is 1. The van der Waals surface area contributed by atoms with Gasteiger partial charge in [-0.2, -0.15) is 13.2 Å². The first-order valence-electron chi connectivity index (χ1n) is 10.5. The van der Waals surface area contributed by atoms with Crippen LogP contribution in [0.2, 0.25) is 5.02 Å². The summed E-state index contributed by atoms with van der Waals surface area (Å²) in [5.41, 5.74) is 6.38. The monoisotopic (exact) mass is 506 g/mol. The van der Waals surface area contributed by atoms with Gasteiger partial charge in [0.05, 0.1) is 13.7 Å². The molecule has 1 aromatic heterocycles. The van der Waals surface area contributed by atoms with Crippen LogP contribution >= 0.6 is 11.6 Å². The van der Waals surface area contributed by atoms with E-state index in [-0.39, 0.29) is 5.91 Å². The molecule has 2 aromatic carbocycles. The van der Waals surface area contributed by atoms with Crippen molar-refractivity contribution in [2.45, 2.75) is 32.5 Å². The van der Waals surface area contributed by atoms with Crippen molar-refractivity contribution in [1.82, 2.24) is 4.98 Å². The molecule has 6 nitrogen and oxygen atoms in total. The predicted octanol–water partition coefficient (Wildman–Crippen LogP) is 5.70. The number of carboxylic acids is 1. The van der Waals surface area contributed by atoms with Crippen molar-refractivity contribution in [3.05, 3.63) is 76.6 Å². The maximum Gasteiger partial charge on any atom is 0.490 e. The van der Waals surface area contributed by atoms with Gasteiger partial charge < -0.3 is 14.7 Å². The summed E-state index contributed by atoms with van der Waals surface area (Å²) in [5, 5.41) is 7.81. The maximum atomic E-state index is 12.5. The first kappa shape index (κ1) is 26.0. The lowest BCUT2D eigenvalue weighted by atomic mass is 9.92. The maximum absolute atomic E-state index is 12.5. The first-order chi connectivity index (χ1) is 16.5. The Morgan fingerprint density at radius 2 is 1.66 bits per heavy atom. The fourth-order valence-electron chi connectivity index (χ4n) is 3.80. The molecule has 1 amide bonds. The number of ether oxygens (including phenoxy) is 1. The van der Waals surface area contributed by atoms with E-state index in [9.17, 15) is 18.0 Å². The van der Waals surface area contributed by atoms with Crippen molar-refractivity contribution in [2.75, 3.05) is 12.0 Å². The second kappa shape index (κ2) is 10.8. The number of methoxy groups -OCH3 is 1. The molecular formula is C25H22ClF3N2O4. The number of anilines is 1. The summed E-state index contributed by atoms with van der Waals surface area (Å²) in [5.74, 6) is -1.92. The minimum Gasteiger partial charge on any atom is -0.496 e. The number of rotatable bonds is 2. The molecule has 0 saturated heterocycles. The predicted molar refractivity (Wildman–Crippen MR) is 126 cm³/mol. The quantitative estimate of drug-likeness (QED) is 0.482. The van der Waals surface area contributed by atoms with Gasteiger partial charge >= 0.3 is 12.1 Å². The summed E-state index contributed by atoms with van der Waals surface area (Å²) in [4.78, 5) is 27.3. The van der Waals surface area contributed by atoms with Crippen LogP contribution in [-0.4, -0.2) is 35.3 Å². The number of halogens is 4. The topological polar surface area (TPSA) is 79.7 Å². The van der Waals surface area contributed by atoms with Crippen LogP contribution in [0.1, 0.15) is 23.6 Å². The lowest BCUT2D eigenvalue weighted by molar-refractivity contribution is -0.192. The van der Waals surface area contributed by atoms with Crippen LogP contribution in [-0.2, 0) is 29.0 Å². The zero-order valence-corrected chi connectivity index (χ0v) is 19.7. The number of carbonyl (C=O) groups excluding carboxylic acids is 1. The zero-order valence-electron chi connectivity index (χ0n) is 18.9. The Morgan fingerprint density at radius 3 is 2.23 bits per heavy atom. The third-order valence-corrected chi connectivity index (χ3v) is 5.70. The van der Waals surface area contributed by atoms with E-state index >= 15 is 0 Å². The molecule has 0 bridgehead atoms. The van der Waals surface area contributed by atoms with Crippen molar-refractivity contribution in [3.8, 4) is 16.9 Å². The van der Waals surface area contributed by atoms with Crippen molar-refractivity contribution in [3.63, 3.8) is 0 Å². The number of carbonyl (C=O) groups is 2. The zero-order chi connectivity index (χ0) is 25.8. The molecule has 0 unspecified atom stereocenters. The Kier molecular flexibility index (Phi) is 8.01. The van der Waals surface area contributed by atoms with E-state index in [1.165, 1.54) is 5.56 Å². The van der Waals surface area contributed by atoms with Gasteiger partial charge in [-0.25, -0.2) is 4.79 Å². The minimum absolute atomic E-state index is 0.0118. The van der Waals surface area contributed by atoms with Crippen molar-refractivity contribution < 1.29 is 32.6 Å². The average Bonchev–Trinajstić information content (AvgIpc) is 2.80. The normalized spacial score (nSPS) is 12.8. The highest BCUT2D eigenvalue weighted by atomic mass is 35.5. The number of aryl methyl sites for hydroxylation is 2. The molecule has 184 valence electrons. The number of benzene rings is 2. The largest absolute Gasteiger partial charge is 0.496 e. The highest BCUT2D eigenvalue weighted by Crippen LogP contribution is 2.37. The number of hydrogen-bond acceptors (Lipinski definition) is 4. The van der Waals surface area contributed by atoms with Crippen molar-refractivity contribution in [2.24, 2.45) is 0 Å². The minimum atomic E-state index is -5.08. The number of hydrogen-bond donors (Lipinski definition) is 1. The molecule has 0 aliphatic carbocycles. The van der Waals surface area contributed by atoms with E-state index in [0.717, 1.165) is 46.5 Å². The summed E-state index contributed by atoms with van der Waals surface area (Å²) in [6.07, 6.45) is 0.131. The van der Waals surface area contributed by atoms with E-state index in [2.05, 4.69) is 17.1 Å². The van der Waals surface area contributed by atoms with Gasteiger partial charge in [-0.15, -0.1) is 0 Å². The number of pyridine rings is 1. The summed E-state index contributed by atoms with van der Waals surface area (Å²) in [6.45, 7) is 2.12. The van der Waals surface area contributed by atoms with E-state index in [4.69, 9.17) is 26.2 Å². The fourth-order valence-corrected chi connectivity index (χ4v) is 3.99. The van der Waals surface area contributed by atoms with Gasteiger partial charge in [0.15, 0.2) is 0 Å². The van der Waals surface area contributed by atoms with Gasteiger partial charge in [0.25, 0.3) is 0 Å². The van der Waals surface area contributed by atoms with Gasteiger partial charge in [0.1, 0.15) is 5.75 Å². The smallest absolute Gasteiger partial charge is 0.490 e. The molecule has 0 fully saturated rings. The third kappa shape index (κ3) is 6.30. The second-order valence-corrected chi connectivity index (χ2v) is 8.17. The third-order valence-electron chi connectivity index (χ3n) is 5.46. The first-order valence-corrected chi connectivity index (χ1v) is 10.9. The number of nitrogens with zero attached hydrogens (tertiary/aromatic N) is 2. The lowest BCUT2D eigenvalue weighted by Gasteiger charge is -2.29. The Morgan fingerprint density at radius 1 is 1.03 bits per heavy atom. The molecule has 1 aliphatic rings. The van der Waals surface area contributed by atoms with Gasteiger partial charge in [-0.3, -0.25) is 9.78 Å². The molecule has 1 aliphatic heterocycles. The molecule has 2 heterocycles. The molecule has 10 heteroatoms. The van der Waals surface area contributed by atoms with Gasteiger partial charge in [-0.05, 0) is 77.6 Å². The SMILES string of the molecule is COc1cc2c(cc1-c1ccncc1)CN(C(C)=O)c1ccc(Cl)cc1CC2.O=C(O)C(F)(F)F. The van der Waals surface area contributed by atoms with Crippen LogP contribution in [0.5, 0.6) is 5.75 Å². The van der Waals surface area contributed by atoms with E-state index in [0.29, 0.717) is 11.6 Å². The van der Waals surface area contributed by atoms with Crippen LogP contribution in [0.25, 0.3) is 11.1 Å². The molecule has 0 atom stereocenters. The number of alkyl halides is 3. The number of amides is 1. The van der Waals surface area contributed by atoms with Crippen LogP contribution in [0.4, 0.5) is 18.9 Å². The standard InChI is InChI=1S/C23H21ClN2O2.C2HF3O2/c1-15(27)26-14-19-12-21(16-7-9-25-10-8-16)23(28-2)13-17(19)3-4-18-11-20(24)5-6-22(18)26;3-2(4,5)1(6)7/h5-13H,3-4,14H2,1-2H3;(H,6,7). The summed E-state index contributed by atoms with van der Waals surface area (Å²) < 4.78 is 37.4. The Hall–Kier alpha value is -3.59. The van der Waals surface area contributed by atoms with Gasteiger partial charge in [-0.1, -0.05) is 11.6 Å². The highest BCUT2D eigenvalue weighted by Gasteiger charge is 2.38. The van der Waals surface area contributed by atoms with Gasteiger partial charge in [0, 0.05) is 35.6 Å². The molecule has 0 saturated carbocycles. The summed E-state index contributed by atoms with van der Waals surface area (Å²) in [7, 11) is 1.69. The van der Waals surface area contributed by atoms with Crippen LogP contribution in [0.15, 0.2) is 54.9 Å². The van der Waals surface area contributed by atoms with Crippen molar-refractivity contribution in [1.29, 1.82) is 0 Å². The van der Waals surface area contributed by atoms with Crippen molar-refractivity contribution >= 4 is 29.2 Å². The molecule has 0 spiro atoms. The lowest BCUT2D eigenvalue weighted by Crippen LogP contribution is -2.30. The Labute approximate surface area is 204 Å². The molecular weight excluding hydrogens is 485 g/mol. The number of aliphatic carboxylic acids is 1. The molecule has 1 N–H and O–H groups in total. The fraction of sp³-hybridized carbons (Fsp3) is 0.240. The average molecular weight is 507 g/mol. The Bertz CT molecular complexity index is 1230. The Balaban J connectivity index is 0.000000429. The molecule has 3 aromatic rings. The van der Waals surface area contributed by atoms with Crippen LogP contribution in [0.3, 0.4) is 0 Å². The molecule has 35 heavy (non-hydrogen) atoms. The number of fused-ring (bicyclic) bond motifs is 2. The highest BCUT2D eigenvalue weighted by molar-refractivity contribution is 6.30. The number of aromatic nitrogens is 1. The van der Waals surface area contributed by atoms with Crippen LogP contribution < -0.4 is 9.64 Å². The van der Waals surface area contributed by atoms with E-state index < -0.39 is 12.1 Å². The molecule has 4 rings (SSSR count). The van der Waals surface area contributed by atoms with E-state index in [1.807, 2.05) is 35.2 Å². The summed E-state index contributed by atoms with van der Waals surface area (Å²) in [6, 6.07) is 13.9. The van der Waals surface area contributed by atoms with E-state index in [1.54, 1.807) is 26.4 Å².